The van der Waals surface area contributed by atoms with Crippen molar-refractivity contribution in [3.63, 3.8) is 0 Å². The number of nitrogens with one attached hydrogen (secondary N) is 1. The molecule has 1 N–H and O–H groups in total. The average molecular weight is 282 g/mol. The summed E-state index contributed by atoms with van der Waals surface area (Å²) in [6.07, 6.45) is 4.18. The van der Waals surface area contributed by atoms with Gasteiger partial charge in [-0.2, -0.15) is 0 Å². The van der Waals surface area contributed by atoms with E-state index in [4.69, 9.17) is 0 Å². The fourth-order valence-electron chi connectivity index (χ4n) is 1.75. The minimum Gasteiger partial charge on any atom is -0.308 e. The maximum Gasteiger partial charge on any atom is 0.0294 e. The Bertz CT molecular complexity index is 335. The molecular weight excluding hydrogens is 262 g/mol. The molecule has 2 atom stereocenters. The molecule has 88 valence electrons. The van der Waals surface area contributed by atoms with Crippen molar-refractivity contribution in [2.24, 2.45) is 0 Å². The standard InChI is InChI=1S/C14H20BrN/c1-4-5-7-11(2)16-12(3)13-8-6-9-14(15)10-13/h4,6,8-12,16H,1,5,7H2,2-3H3/t11?,12-/m0/s1. The molecule has 0 bridgehead atoms. The van der Waals surface area contributed by atoms with Gasteiger partial charge in [0.25, 0.3) is 0 Å². The topological polar surface area (TPSA) is 12.0 Å². The van der Waals surface area contributed by atoms with Crippen LogP contribution in [-0.4, -0.2) is 6.04 Å². The lowest BCUT2D eigenvalue weighted by atomic mass is 10.1. The summed E-state index contributed by atoms with van der Waals surface area (Å²) in [5.41, 5.74) is 1.32. The fraction of sp³-hybridized carbons (Fsp3) is 0.429. The van der Waals surface area contributed by atoms with E-state index in [0.29, 0.717) is 12.1 Å². The molecule has 16 heavy (non-hydrogen) atoms. The Morgan fingerprint density at radius 2 is 2.19 bits per heavy atom. The highest BCUT2D eigenvalue weighted by molar-refractivity contribution is 9.10. The van der Waals surface area contributed by atoms with E-state index in [1.807, 2.05) is 6.08 Å². The molecule has 0 saturated heterocycles. The number of hydrogen-bond acceptors (Lipinski definition) is 1. The molecule has 0 aliphatic carbocycles. The van der Waals surface area contributed by atoms with E-state index in [9.17, 15) is 0 Å². The van der Waals surface area contributed by atoms with Gasteiger partial charge in [-0.1, -0.05) is 34.1 Å². The van der Waals surface area contributed by atoms with E-state index in [-0.39, 0.29) is 0 Å². The van der Waals surface area contributed by atoms with Crippen LogP contribution in [0.3, 0.4) is 0 Å². The van der Waals surface area contributed by atoms with Crippen molar-refractivity contribution >= 4 is 15.9 Å². The van der Waals surface area contributed by atoms with Crippen molar-refractivity contribution in [3.8, 4) is 0 Å². The predicted molar refractivity (Wildman–Crippen MR) is 74.6 cm³/mol. The van der Waals surface area contributed by atoms with E-state index in [1.165, 1.54) is 5.56 Å². The Morgan fingerprint density at radius 1 is 1.44 bits per heavy atom. The monoisotopic (exact) mass is 281 g/mol. The number of halogens is 1. The molecule has 0 heterocycles. The van der Waals surface area contributed by atoms with Gasteiger partial charge in [0.15, 0.2) is 0 Å². The van der Waals surface area contributed by atoms with Crippen molar-refractivity contribution < 1.29 is 0 Å². The first kappa shape index (κ1) is 13.5. The molecule has 0 aliphatic rings. The summed E-state index contributed by atoms with van der Waals surface area (Å²) in [6, 6.07) is 9.36. The van der Waals surface area contributed by atoms with Gasteiger partial charge in [0.1, 0.15) is 0 Å². The van der Waals surface area contributed by atoms with Gasteiger partial charge in [0.05, 0.1) is 0 Å². The van der Waals surface area contributed by atoms with Crippen molar-refractivity contribution in [2.45, 2.75) is 38.8 Å². The SMILES string of the molecule is C=CCCC(C)N[C@@H](C)c1cccc(Br)c1. The molecule has 0 spiro atoms. The van der Waals surface area contributed by atoms with Crippen LogP contribution in [0.4, 0.5) is 0 Å². The van der Waals surface area contributed by atoms with Crippen LogP contribution >= 0.6 is 15.9 Å². The Morgan fingerprint density at radius 3 is 2.81 bits per heavy atom. The highest BCUT2D eigenvalue weighted by Crippen LogP contribution is 2.18. The Kier molecular flexibility index (Phi) is 5.78. The summed E-state index contributed by atoms with van der Waals surface area (Å²) >= 11 is 3.50. The highest BCUT2D eigenvalue weighted by atomic mass is 79.9. The second kappa shape index (κ2) is 6.87. The van der Waals surface area contributed by atoms with E-state index in [2.05, 4.69) is 65.9 Å². The Labute approximate surface area is 107 Å². The van der Waals surface area contributed by atoms with E-state index in [1.54, 1.807) is 0 Å². The van der Waals surface area contributed by atoms with E-state index in [0.717, 1.165) is 17.3 Å². The van der Waals surface area contributed by atoms with Gasteiger partial charge >= 0.3 is 0 Å². The van der Waals surface area contributed by atoms with Crippen LogP contribution in [0.5, 0.6) is 0 Å². The van der Waals surface area contributed by atoms with Gasteiger partial charge in [0, 0.05) is 16.6 Å². The lowest BCUT2D eigenvalue weighted by Gasteiger charge is -2.20. The Balaban J connectivity index is 2.51. The smallest absolute Gasteiger partial charge is 0.0294 e. The van der Waals surface area contributed by atoms with Crippen LogP contribution in [0.25, 0.3) is 0 Å². The first-order chi connectivity index (χ1) is 7.63. The zero-order valence-electron chi connectivity index (χ0n) is 10.0. The van der Waals surface area contributed by atoms with E-state index >= 15 is 0 Å². The maximum atomic E-state index is 3.75. The van der Waals surface area contributed by atoms with Gasteiger partial charge in [-0.05, 0) is 44.4 Å². The molecule has 1 aromatic carbocycles. The third-order valence-electron chi connectivity index (χ3n) is 2.69. The largest absolute Gasteiger partial charge is 0.308 e. The van der Waals surface area contributed by atoms with Gasteiger partial charge in [-0.25, -0.2) is 0 Å². The summed E-state index contributed by atoms with van der Waals surface area (Å²) in [6.45, 7) is 8.17. The lowest BCUT2D eigenvalue weighted by Crippen LogP contribution is -2.28. The zero-order valence-corrected chi connectivity index (χ0v) is 11.6. The summed E-state index contributed by atoms with van der Waals surface area (Å²) in [5.74, 6) is 0. The molecule has 2 heteroatoms. The average Bonchev–Trinajstić information content (AvgIpc) is 2.26. The third-order valence-corrected chi connectivity index (χ3v) is 3.18. The normalized spacial score (nSPS) is 14.4. The van der Waals surface area contributed by atoms with Crippen LogP contribution < -0.4 is 5.32 Å². The van der Waals surface area contributed by atoms with Crippen LogP contribution in [0.15, 0.2) is 41.4 Å². The van der Waals surface area contributed by atoms with Gasteiger partial charge in [-0.3, -0.25) is 0 Å². The first-order valence-electron chi connectivity index (χ1n) is 5.76. The number of benzene rings is 1. The van der Waals surface area contributed by atoms with Crippen molar-refractivity contribution in [3.05, 3.63) is 47.0 Å². The highest BCUT2D eigenvalue weighted by Gasteiger charge is 2.08. The lowest BCUT2D eigenvalue weighted by molar-refractivity contribution is 0.459. The number of rotatable bonds is 6. The molecule has 0 aliphatic heterocycles. The summed E-state index contributed by atoms with van der Waals surface area (Å²) in [4.78, 5) is 0. The molecule has 1 unspecified atom stereocenters. The van der Waals surface area contributed by atoms with Crippen LogP contribution in [0, 0.1) is 0 Å². The molecule has 1 nitrogen and oxygen atoms in total. The van der Waals surface area contributed by atoms with Crippen molar-refractivity contribution in [2.75, 3.05) is 0 Å². The van der Waals surface area contributed by atoms with Crippen molar-refractivity contribution in [1.82, 2.24) is 5.32 Å². The predicted octanol–water partition coefficient (Wildman–Crippen LogP) is 4.45. The maximum absolute atomic E-state index is 3.75. The summed E-state index contributed by atoms with van der Waals surface area (Å²) in [7, 11) is 0. The second-order valence-corrected chi connectivity index (χ2v) is 5.13. The molecule has 0 saturated carbocycles. The molecule has 1 rings (SSSR count). The number of allylic oxidation sites excluding steroid dienone is 1. The summed E-state index contributed by atoms with van der Waals surface area (Å²) in [5, 5.41) is 3.59. The molecule has 1 aromatic rings. The minimum atomic E-state index is 0.386. The van der Waals surface area contributed by atoms with Crippen molar-refractivity contribution in [1.29, 1.82) is 0 Å². The van der Waals surface area contributed by atoms with Crippen LogP contribution in [0.1, 0.15) is 38.3 Å². The molecule has 0 fully saturated rings. The molecule has 0 amide bonds. The minimum absolute atomic E-state index is 0.386. The first-order valence-corrected chi connectivity index (χ1v) is 6.55. The van der Waals surface area contributed by atoms with Gasteiger partial charge < -0.3 is 5.32 Å². The molecule has 0 radical (unpaired) electrons. The number of hydrogen-bond donors (Lipinski definition) is 1. The van der Waals surface area contributed by atoms with E-state index < -0.39 is 0 Å². The van der Waals surface area contributed by atoms with Gasteiger partial charge in [0.2, 0.25) is 0 Å². The molecular formula is C14H20BrN. The molecule has 0 aromatic heterocycles. The zero-order chi connectivity index (χ0) is 12.0. The second-order valence-electron chi connectivity index (χ2n) is 4.21. The Hall–Kier alpha value is -0.600. The fourth-order valence-corrected chi connectivity index (χ4v) is 2.17. The quantitative estimate of drug-likeness (QED) is 0.760. The van der Waals surface area contributed by atoms with Crippen LogP contribution in [-0.2, 0) is 0 Å². The third kappa shape index (κ3) is 4.50. The van der Waals surface area contributed by atoms with Gasteiger partial charge in [-0.15, -0.1) is 6.58 Å². The van der Waals surface area contributed by atoms with Crippen LogP contribution in [0.2, 0.25) is 0 Å². The summed E-state index contributed by atoms with van der Waals surface area (Å²) < 4.78 is 1.14.